The Balaban J connectivity index is 1.89. The van der Waals surface area contributed by atoms with Crippen molar-refractivity contribution >= 4 is 5.96 Å². The fourth-order valence-corrected chi connectivity index (χ4v) is 2.75. The first-order valence-corrected chi connectivity index (χ1v) is 8.52. The fraction of sp³-hybridized carbons (Fsp3) is 0.611. The van der Waals surface area contributed by atoms with Crippen molar-refractivity contribution in [3.63, 3.8) is 0 Å². The SMILES string of the molecule is CCNC(=NCC(CC)c1ccccc1)NCC1CCCO1. The minimum Gasteiger partial charge on any atom is -0.376 e. The zero-order valence-corrected chi connectivity index (χ0v) is 13.8. The lowest BCUT2D eigenvalue weighted by molar-refractivity contribution is 0.114. The molecule has 0 spiro atoms. The number of rotatable bonds is 7. The number of hydrogen-bond acceptors (Lipinski definition) is 2. The van der Waals surface area contributed by atoms with Crippen LogP contribution in [0.2, 0.25) is 0 Å². The molecule has 0 saturated carbocycles. The Bertz CT molecular complexity index is 441. The van der Waals surface area contributed by atoms with E-state index < -0.39 is 0 Å². The number of guanidine groups is 1. The van der Waals surface area contributed by atoms with Gasteiger partial charge in [0.15, 0.2) is 5.96 Å². The van der Waals surface area contributed by atoms with E-state index in [0.717, 1.165) is 45.0 Å². The summed E-state index contributed by atoms with van der Waals surface area (Å²) in [6, 6.07) is 10.6. The summed E-state index contributed by atoms with van der Waals surface area (Å²) in [5, 5.41) is 6.73. The van der Waals surface area contributed by atoms with Crippen LogP contribution in [0.15, 0.2) is 35.3 Å². The van der Waals surface area contributed by atoms with Gasteiger partial charge in [0.25, 0.3) is 0 Å². The monoisotopic (exact) mass is 303 g/mol. The zero-order valence-electron chi connectivity index (χ0n) is 13.8. The van der Waals surface area contributed by atoms with E-state index in [0.29, 0.717) is 12.0 Å². The fourth-order valence-electron chi connectivity index (χ4n) is 2.75. The molecule has 1 saturated heterocycles. The van der Waals surface area contributed by atoms with Crippen LogP contribution in [-0.2, 0) is 4.74 Å². The van der Waals surface area contributed by atoms with E-state index in [9.17, 15) is 0 Å². The van der Waals surface area contributed by atoms with Crippen molar-refractivity contribution < 1.29 is 4.74 Å². The predicted octanol–water partition coefficient (Wildman–Crippen LogP) is 2.91. The van der Waals surface area contributed by atoms with Gasteiger partial charge in [-0.15, -0.1) is 0 Å². The van der Waals surface area contributed by atoms with Crippen molar-refractivity contribution in [1.29, 1.82) is 0 Å². The topological polar surface area (TPSA) is 45.7 Å². The molecule has 1 aliphatic rings. The first-order chi connectivity index (χ1) is 10.8. The summed E-state index contributed by atoms with van der Waals surface area (Å²) in [6.45, 7) is 7.73. The van der Waals surface area contributed by atoms with Crippen molar-refractivity contribution in [1.82, 2.24) is 10.6 Å². The van der Waals surface area contributed by atoms with Gasteiger partial charge in [0.1, 0.15) is 0 Å². The molecule has 0 bridgehead atoms. The van der Waals surface area contributed by atoms with Crippen molar-refractivity contribution in [3.8, 4) is 0 Å². The van der Waals surface area contributed by atoms with Gasteiger partial charge in [-0.3, -0.25) is 4.99 Å². The second-order valence-electron chi connectivity index (χ2n) is 5.75. The quantitative estimate of drug-likeness (QED) is 0.601. The summed E-state index contributed by atoms with van der Waals surface area (Å²) in [4.78, 5) is 4.76. The van der Waals surface area contributed by atoms with Crippen molar-refractivity contribution in [3.05, 3.63) is 35.9 Å². The van der Waals surface area contributed by atoms with Gasteiger partial charge >= 0.3 is 0 Å². The molecule has 4 heteroatoms. The largest absolute Gasteiger partial charge is 0.376 e. The minimum atomic E-state index is 0.333. The number of nitrogens with one attached hydrogen (secondary N) is 2. The van der Waals surface area contributed by atoms with Crippen molar-refractivity contribution in [2.24, 2.45) is 4.99 Å². The van der Waals surface area contributed by atoms with E-state index in [-0.39, 0.29) is 0 Å². The van der Waals surface area contributed by atoms with Gasteiger partial charge < -0.3 is 15.4 Å². The highest BCUT2D eigenvalue weighted by atomic mass is 16.5. The Labute approximate surface area is 134 Å². The van der Waals surface area contributed by atoms with Crippen LogP contribution in [-0.4, -0.2) is 38.3 Å². The maximum absolute atomic E-state index is 5.65. The average molecular weight is 303 g/mol. The maximum atomic E-state index is 5.65. The summed E-state index contributed by atoms with van der Waals surface area (Å²) < 4.78 is 5.65. The summed E-state index contributed by atoms with van der Waals surface area (Å²) >= 11 is 0. The zero-order chi connectivity index (χ0) is 15.6. The molecule has 0 radical (unpaired) electrons. The molecule has 1 aromatic carbocycles. The van der Waals surface area contributed by atoms with Gasteiger partial charge in [-0.2, -0.15) is 0 Å². The lowest BCUT2D eigenvalue weighted by Crippen LogP contribution is -2.41. The van der Waals surface area contributed by atoms with Crippen LogP contribution in [0.4, 0.5) is 0 Å². The molecule has 2 N–H and O–H groups in total. The average Bonchev–Trinajstić information content (AvgIpc) is 3.07. The Morgan fingerprint density at radius 1 is 1.27 bits per heavy atom. The van der Waals surface area contributed by atoms with Crippen LogP contribution >= 0.6 is 0 Å². The predicted molar refractivity (Wildman–Crippen MR) is 92.4 cm³/mol. The standard InChI is InChI=1S/C18H29N3O/c1-3-15(16-9-6-5-7-10-16)13-20-18(19-4-2)21-14-17-11-8-12-22-17/h5-7,9-10,15,17H,3-4,8,11-14H2,1-2H3,(H2,19,20,21). The molecule has 2 atom stereocenters. The first-order valence-electron chi connectivity index (χ1n) is 8.52. The Hall–Kier alpha value is -1.55. The van der Waals surface area contributed by atoms with Crippen LogP contribution in [0.3, 0.4) is 0 Å². The molecule has 22 heavy (non-hydrogen) atoms. The third kappa shape index (κ3) is 5.34. The van der Waals surface area contributed by atoms with Crippen molar-refractivity contribution in [2.45, 2.75) is 45.1 Å². The van der Waals surface area contributed by atoms with E-state index in [1.54, 1.807) is 0 Å². The van der Waals surface area contributed by atoms with Gasteiger partial charge in [-0.1, -0.05) is 37.3 Å². The van der Waals surface area contributed by atoms with Gasteiger partial charge in [0.05, 0.1) is 6.10 Å². The van der Waals surface area contributed by atoms with Gasteiger partial charge in [0, 0.05) is 32.2 Å². The lowest BCUT2D eigenvalue weighted by atomic mass is 9.97. The summed E-state index contributed by atoms with van der Waals surface area (Å²) in [6.07, 6.45) is 3.75. The normalized spacial score (nSPS) is 19.9. The second kappa shape index (κ2) is 9.46. The minimum absolute atomic E-state index is 0.333. The van der Waals surface area contributed by atoms with Crippen LogP contribution in [0.5, 0.6) is 0 Å². The number of benzene rings is 1. The smallest absolute Gasteiger partial charge is 0.191 e. The number of aliphatic imine (C=N–C) groups is 1. The molecule has 1 heterocycles. The molecule has 1 aliphatic heterocycles. The van der Waals surface area contributed by atoms with Crippen molar-refractivity contribution in [2.75, 3.05) is 26.2 Å². The van der Waals surface area contributed by atoms with Gasteiger partial charge in [0.2, 0.25) is 0 Å². The molecule has 2 rings (SSSR count). The number of ether oxygens (including phenoxy) is 1. The molecule has 0 amide bonds. The molecule has 1 aromatic rings. The lowest BCUT2D eigenvalue weighted by Gasteiger charge is -2.17. The summed E-state index contributed by atoms with van der Waals surface area (Å²) in [5.41, 5.74) is 1.36. The summed E-state index contributed by atoms with van der Waals surface area (Å²) in [7, 11) is 0. The third-order valence-electron chi connectivity index (χ3n) is 4.10. The number of nitrogens with zero attached hydrogens (tertiary/aromatic N) is 1. The van der Waals surface area contributed by atoms with Gasteiger partial charge in [-0.25, -0.2) is 0 Å². The molecule has 1 fully saturated rings. The Kier molecular flexibility index (Phi) is 7.23. The third-order valence-corrected chi connectivity index (χ3v) is 4.10. The highest BCUT2D eigenvalue weighted by molar-refractivity contribution is 5.79. The molecule has 2 unspecified atom stereocenters. The van der Waals surface area contributed by atoms with E-state index in [2.05, 4.69) is 54.8 Å². The summed E-state index contributed by atoms with van der Waals surface area (Å²) in [5.74, 6) is 1.37. The highest BCUT2D eigenvalue weighted by Crippen LogP contribution is 2.19. The van der Waals surface area contributed by atoms with E-state index in [1.807, 2.05) is 0 Å². The van der Waals surface area contributed by atoms with E-state index in [4.69, 9.17) is 9.73 Å². The molecular weight excluding hydrogens is 274 g/mol. The van der Waals surface area contributed by atoms with E-state index >= 15 is 0 Å². The van der Waals surface area contributed by atoms with Gasteiger partial charge in [-0.05, 0) is 31.7 Å². The Morgan fingerprint density at radius 3 is 2.73 bits per heavy atom. The molecule has 0 aromatic heterocycles. The molecule has 4 nitrogen and oxygen atoms in total. The second-order valence-corrected chi connectivity index (χ2v) is 5.75. The van der Waals surface area contributed by atoms with Crippen LogP contribution in [0.1, 0.15) is 44.6 Å². The highest BCUT2D eigenvalue weighted by Gasteiger charge is 2.15. The molecule has 0 aliphatic carbocycles. The Morgan fingerprint density at radius 2 is 2.09 bits per heavy atom. The van der Waals surface area contributed by atoms with Crippen LogP contribution in [0, 0.1) is 0 Å². The van der Waals surface area contributed by atoms with Crippen LogP contribution < -0.4 is 10.6 Å². The molecular formula is C18H29N3O. The van der Waals surface area contributed by atoms with Crippen LogP contribution in [0.25, 0.3) is 0 Å². The molecule has 122 valence electrons. The van der Waals surface area contributed by atoms with E-state index in [1.165, 1.54) is 12.0 Å². The maximum Gasteiger partial charge on any atom is 0.191 e. The first kappa shape index (κ1) is 16.8. The number of hydrogen-bond donors (Lipinski definition) is 2.